The molecule has 4 aliphatic rings. The third-order valence-corrected chi connectivity index (χ3v) is 9.26. The predicted molar refractivity (Wildman–Crippen MR) is 151 cm³/mol. The number of carbonyl (C=O) groups is 1. The van der Waals surface area contributed by atoms with Crippen LogP contribution >= 0.6 is 0 Å². The number of halogens is 2. The quantitative estimate of drug-likeness (QED) is 0.492. The maximum atomic E-state index is 15.7. The summed E-state index contributed by atoms with van der Waals surface area (Å²) in [6, 6.07) is 9.33. The number of hydrogen-bond acceptors (Lipinski definition) is 7. The number of fused-ring (bicyclic) bond motifs is 3. The number of nitrogens with zero attached hydrogens (tertiary/aromatic N) is 6. The summed E-state index contributed by atoms with van der Waals surface area (Å²) in [7, 11) is 2.07. The molecule has 2 aliphatic heterocycles. The van der Waals surface area contributed by atoms with Crippen LogP contribution in [0.3, 0.4) is 0 Å². The highest BCUT2D eigenvalue weighted by molar-refractivity contribution is 5.87. The second kappa shape index (κ2) is 10.9. The van der Waals surface area contributed by atoms with Crippen molar-refractivity contribution in [2.24, 2.45) is 0 Å². The van der Waals surface area contributed by atoms with Gasteiger partial charge >= 0.3 is 6.01 Å². The number of carbonyl (C=O) groups excluding carboxylic acids is 1. The lowest BCUT2D eigenvalue weighted by Gasteiger charge is -2.42. The zero-order valence-corrected chi connectivity index (χ0v) is 23.3. The van der Waals surface area contributed by atoms with E-state index < -0.39 is 17.1 Å². The first-order chi connectivity index (χ1) is 19.9. The van der Waals surface area contributed by atoms with Gasteiger partial charge in [-0.3, -0.25) is 4.79 Å². The average molecular weight is 561 g/mol. The Bertz CT molecular complexity index is 1450. The molecule has 214 valence electrons. The molecule has 41 heavy (non-hydrogen) atoms. The summed E-state index contributed by atoms with van der Waals surface area (Å²) in [6.45, 7) is 6.39. The van der Waals surface area contributed by atoms with Crippen LogP contribution in [0.1, 0.15) is 48.1 Å². The number of piperazine rings is 1. The molecule has 2 aromatic rings. The zero-order chi connectivity index (χ0) is 28.7. The number of likely N-dealkylation sites (tertiary alicyclic amines) is 1. The highest BCUT2D eigenvalue weighted by Crippen LogP contribution is 2.54. The lowest BCUT2D eigenvalue weighted by molar-refractivity contribution is -0.128. The molecule has 0 saturated carbocycles. The highest BCUT2D eigenvalue weighted by atomic mass is 19.2. The van der Waals surface area contributed by atoms with Gasteiger partial charge in [-0.2, -0.15) is 15.2 Å². The minimum absolute atomic E-state index is 0.176. The van der Waals surface area contributed by atoms with Crippen LogP contribution < -0.4 is 9.64 Å². The average Bonchev–Trinajstić information content (AvgIpc) is 3.50. The molecule has 0 N–H and O–H groups in total. The molecule has 1 aromatic carbocycles. The van der Waals surface area contributed by atoms with Gasteiger partial charge in [0.2, 0.25) is 5.91 Å². The van der Waals surface area contributed by atoms with E-state index in [1.54, 1.807) is 17.0 Å². The SMILES string of the molecule is C=CC(=O)N1CCN(c2nc(OC[C@@H]3CCCN3C)nc3c2CC[C@@]2(C3)C(F)=C(F)c3ccccc32)C[C@@H]1CC#N. The van der Waals surface area contributed by atoms with Crippen LogP contribution in [0.25, 0.3) is 5.83 Å². The van der Waals surface area contributed by atoms with Gasteiger partial charge in [-0.15, -0.1) is 0 Å². The molecule has 1 aromatic heterocycles. The van der Waals surface area contributed by atoms with Crippen LogP contribution in [-0.4, -0.2) is 77.6 Å². The summed E-state index contributed by atoms with van der Waals surface area (Å²) in [6.07, 6.45) is 4.63. The maximum absolute atomic E-state index is 15.7. The van der Waals surface area contributed by atoms with E-state index in [-0.39, 0.29) is 36.8 Å². The number of nitriles is 1. The fourth-order valence-corrected chi connectivity index (χ4v) is 6.99. The van der Waals surface area contributed by atoms with E-state index in [0.29, 0.717) is 61.7 Å². The Hall–Kier alpha value is -3.84. The molecule has 1 spiro atoms. The fourth-order valence-electron chi connectivity index (χ4n) is 6.99. The molecule has 2 fully saturated rings. The lowest BCUT2D eigenvalue weighted by Crippen LogP contribution is -2.55. The Morgan fingerprint density at radius 2 is 2.07 bits per heavy atom. The molecule has 3 atom stereocenters. The number of benzene rings is 1. The van der Waals surface area contributed by atoms with Crippen molar-refractivity contribution in [1.82, 2.24) is 19.8 Å². The van der Waals surface area contributed by atoms with Gasteiger partial charge in [-0.05, 0) is 50.9 Å². The lowest BCUT2D eigenvalue weighted by atomic mass is 9.69. The molecule has 3 heterocycles. The van der Waals surface area contributed by atoms with Crippen molar-refractivity contribution < 1.29 is 18.3 Å². The number of amides is 1. The maximum Gasteiger partial charge on any atom is 0.318 e. The molecular formula is C31H34F2N6O2. The summed E-state index contributed by atoms with van der Waals surface area (Å²) in [5, 5.41) is 9.47. The van der Waals surface area contributed by atoms with Crippen molar-refractivity contribution >= 4 is 17.6 Å². The number of anilines is 1. The monoisotopic (exact) mass is 560 g/mol. The van der Waals surface area contributed by atoms with Crippen LogP contribution in [0.4, 0.5) is 14.6 Å². The third kappa shape index (κ3) is 4.66. The minimum atomic E-state index is -1.11. The van der Waals surface area contributed by atoms with Gasteiger partial charge in [0.05, 0.1) is 29.6 Å². The summed E-state index contributed by atoms with van der Waals surface area (Å²) >= 11 is 0. The first-order valence-electron chi connectivity index (χ1n) is 14.3. The van der Waals surface area contributed by atoms with Gasteiger partial charge < -0.3 is 19.4 Å². The topological polar surface area (TPSA) is 85.6 Å². The number of allylic oxidation sites excluding steroid dienone is 1. The van der Waals surface area contributed by atoms with Gasteiger partial charge in [-0.1, -0.05) is 30.8 Å². The molecule has 0 radical (unpaired) electrons. The van der Waals surface area contributed by atoms with Crippen molar-refractivity contribution in [3.63, 3.8) is 0 Å². The van der Waals surface area contributed by atoms with Gasteiger partial charge in [0.1, 0.15) is 18.3 Å². The van der Waals surface area contributed by atoms with Crippen LogP contribution in [-0.2, 0) is 23.1 Å². The molecule has 1 amide bonds. The predicted octanol–water partition coefficient (Wildman–Crippen LogP) is 4.11. The van der Waals surface area contributed by atoms with Crippen molar-refractivity contribution in [3.05, 3.63) is 65.1 Å². The van der Waals surface area contributed by atoms with E-state index in [0.717, 1.165) is 24.9 Å². The van der Waals surface area contributed by atoms with E-state index in [1.807, 2.05) is 12.1 Å². The number of ether oxygens (including phenoxy) is 1. The van der Waals surface area contributed by atoms with E-state index in [1.165, 1.54) is 6.08 Å². The Labute approximate surface area is 238 Å². The molecule has 8 nitrogen and oxygen atoms in total. The second-order valence-electron chi connectivity index (χ2n) is 11.5. The zero-order valence-electron chi connectivity index (χ0n) is 23.3. The standard InChI is InChI=1S/C31H34F2N6O2/c1-3-26(40)39-16-15-38(18-20(39)11-13-34)29-23-10-12-31(24-9-5-4-8-22(24)27(32)28(31)33)17-25(23)35-30(36-29)41-19-21-7-6-14-37(21)2/h3-5,8-9,20-21H,1,6-7,10-12,14-19H2,2H3/t20-,21-,31-/m0/s1. The van der Waals surface area contributed by atoms with Crippen molar-refractivity contribution in [3.8, 4) is 12.1 Å². The van der Waals surface area contributed by atoms with Gasteiger partial charge in [0.15, 0.2) is 5.83 Å². The first kappa shape index (κ1) is 27.3. The van der Waals surface area contributed by atoms with Gasteiger partial charge in [0.25, 0.3) is 0 Å². The molecule has 2 aliphatic carbocycles. The Morgan fingerprint density at radius 1 is 1.24 bits per heavy atom. The van der Waals surface area contributed by atoms with Crippen LogP contribution in [0, 0.1) is 11.3 Å². The van der Waals surface area contributed by atoms with E-state index in [2.05, 4.69) is 29.5 Å². The largest absolute Gasteiger partial charge is 0.462 e. The summed E-state index contributed by atoms with van der Waals surface area (Å²) in [5.41, 5.74) is 1.39. The Kier molecular flexibility index (Phi) is 7.24. The number of rotatable bonds is 6. The van der Waals surface area contributed by atoms with Crippen LogP contribution in [0.2, 0.25) is 0 Å². The number of likely N-dealkylation sites (N-methyl/N-ethyl adjacent to an activating group) is 1. The Morgan fingerprint density at radius 3 is 2.83 bits per heavy atom. The summed E-state index contributed by atoms with van der Waals surface area (Å²) in [4.78, 5) is 28.2. The first-order valence-corrected chi connectivity index (χ1v) is 14.3. The normalized spacial score (nSPS) is 25.7. The van der Waals surface area contributed by atoms with Crippen molar-refractivity contribution in [2.75, 3.05) is 44.7 Å². The smallest absolute Gasteiger partial charge is 0.318 e. The van der Waals surface area contributed by atoms with Crippen molar-refractivity contribution in [1.29, 1.82) is 5.26 Å². The van der Waals surface area contributed by atoms with E-state index in [4.69, 9.17) is 14.7 Å². The highest BCUT2D eigenvalue weighted by Gasteiger charge is 2.50. The fraction of sp³-hybridized carbons (Fsp3) is 0.484. The molecular weight excluding hydrogens is 526 g/mol. The third-order valence-electron chi connectivity index (χ3n) is 9.26. The minimum Gasteiger partial charge on any atom is -0.462 e. The summed E-state index contributed by atoms with van der Waals surface area (Å²) in [5.74, 6) is -1.04. The molecule has 10 heteroatoms. The number of hydrogen-bond donors (Lipinski definition) is 0. The molecule has 6 rings (SSSR count). The second-order valence-corrected chi connectivity index (χ2v) is 11.5. The van der Waals surface area contributed by atoms with E-state index in [9.17, 15) is 10.1 Å². The van der Waals surface area contributed by atoms with Crippen LogP contribution in [0.15, 0.2) is 42.7 Å². The number of aromatic nitrogens is 2. The van der Waals surface area contributed by atoms with Crippen LogP contribution in [0.5, 0.6) is 6.01 Å². The molecule has 2 saturated heterocycles. The summed E-state index contributed by atoms with van der Waals surface area (Å²) < 4.78 is 37.0. The van der Waals surface area contributed by atoms with Crippen molar-refractivity contribution in [2.45, 2.75) is 56.0 Å². The van der Waals surface area contributed by atoms with E-state index >= 15 is 8.78 Å². The Balaban J connectivity index is 1.37. The molecule has 0 bridgehead atoms. The molecule has 0 unspecified atom stereocenters. The van der Waals surface area contributed by atoms with Gasteiger partial charge in [-0.25, -0.2) is 8.78 Å². The van der Waals surface area contributed by atoms with Gasteiger partial charge in [0, 0.05) is 43.2 Å².